The molecule has 1 amide bonds. The second kappa shape index (κ2) is 7.51. The van der Waals surface area contributed by atoms with Crippen LogP contribution in [0.1, 0.15) is 11.1 Å². The molecule has 1 heterocycles. The average Bonchev–Trinajstić information content (AvgIpc) is 3.04. The van der Waals surface area contributed by atoms with Crippen LogP contribution in [0.15, 0.2) is 54.7 Å². The van der Waals surface area contributed by atoms with Crippen molar-refractivity contribution in [2.45, 2.75) is 13.0 Å². The SMILES string of the molecule is O=C(Cc1ccccc1Cl)NCc1cn[nH]c1-c1ccc(Cl)cc1. The smallest absolute Gasteiger partial charge is 0.224 e. The van der Waals surface area contributed by atoms with Crippen LogP contribution in [0.5, 0.6) is 0 Å². The summed E-state index contributed by atoms with van der Waals surface area (Å²) in [5.74, 6) is -0.0913. The second-order valence-electron chi connectivity index (χ2n) is 5.32. The first kappa shape index (κ1) is 16.6. The molecule has 0 spiro atoms. The van der Waals surface area contributed by atoms with E-state index in [1.54, 1.807) is 12.3 Å². The summed E-state index contributed by atoms with van der Waals surface area (Å²) in [6.45, 7) is 0.387. The highest BCUT2D eigenvalue weighted by molar-refractivity contribution is 6.31. The lowest BCUT2D eigenvalue weighted by Crippen LogP contribution is -2.24. The number of aromatic nitrogens is 2. The summed E-state index contributed by atoms with van der Waals surface area (Å²) in [5.41, 5.74) is 3.54. The minimum Gasteiger partial charge on any atom is -0.352 e. The number of aromatic amines is 1. The van der Waals surface area contributed by atoms with E-state index in [1.807, 2.05) is 42.5 Å². The first-order valence-corrected chi connectivity index (χ1v) is 8.17. The lowest BCUT2D eigenvalue weighted by molar-refractivity contribution is -0.120. The Balaban J connectivity index is 1.65. The molecule has 0 unspecified atom stereocenters. The number of rotatable bonds is 5. The fourth-order valence-corrected chi connectivity index (χ4v) is 2.71. The Hall–Kier alpha value is -2.30. The zero-order valence-electron chi connectivity index (χ0n) is 12.7. The molecule has 0 saturated carbocycles. The van der Waals surface area contributed by atoms with Gasteiger partial charge in [0.2, 0.25) is 5.91 Å². The molecule has 0 aliphatic carbocycles. The van der Waals surface area contributed by atoms with Crippen molar-refractivity contribution in [3.8, 4) is 11.3 Å². The van der Waals surface area contributed by atoms with Crippen LogP contribution in [0.3, 0.4) is 0 Å². The van der Waals surface area contributed by atoms with Gasteiger partial charge in [-0.25, -0.2) is 0 Å². The Labute approximate surface area is 149 Å². The number of nitrogens with zero attached hydrogens (tertiary/aromatic N) is 1. The van der Waals surface area contributed by atoms with Crippen LogP contribution in [0.2, 0.25) is 10.0 Å². The topological polar surface area (TPSA) is 57.8 Å². The maximum Gasteiger partial charge on any atom is 0.224 e. The van der Waals surface area contributed by atoms with Crippen LogP contribution >= 0.6 is 23.2 Å². The van der Waals surface area contributed by atoms with Crippen LogP contribution < -0.4 is 5.32 Å². The Bertz CT molecular complexity index is 843. The van der Waals surface area contributed by atoms with Crippen LogP contribution in [0.4, 0.5) is 0 Å². The van der Waals surface area contributed by atoms with Crippen molar-refractivity contribution in [3.05, 3.63) is 75.9 Å². The lowest BCUT2D eigenvalue weighted by Gasteiger charge is -2.07. The molecular formula is C18H15Cl2N3O. The predicted octanol–water partition coefficient (Wildman–Crippen LogP) is 4.24. The number of nitrogens with one attached hydrogen (secondary N) is 2. The van der Waals surface area contributed by atoms with Crippen molar-refractivity contribution >= 4 is 29.1 Å². The molecule has 2 N–H and O–H groups in total. The summed E-state index contributed by atoms with van der Waals surface area (Å²) >= 11 is 12.0. The molecular weight excluding hydrogens is 345 g/mol. The van der Waals surface area contributed by atoms with Crippen molar-refractivity contribution < 1.29 is 4.79 Å². The molecule has 0 atom stereocenters. The number of carbonyl (C=O) groups is 1. The van der Waals surface area contributed by atoms with Gasteiger partial charge in [0.05, 0.1) is 18.3 Å². The van der Waals surface area contributed by atoms with E-state index in [0.29, 0.717) is 16.6 Å². The minimum absolute atomic E-state index is 0.0913. The summed E-state index contributed by atoms with van der Waals surface area (Å²) in [7, 11) is 0. The molecule has 1 aromatic heterocycles. The molecule has 3 rings (SSSR count). The van der Waals surface area contributed by atoms with Gasteiger partial charge in [0, 0.05) is 22.2 Å². The van der Waals surface area contributed by atoms with Gasteiger partial charge in [0.25, 0.3) is 0 Å². The molecule has 4 nitrogen and oxygen atoms in total. The number of H-pyrrole nitrogens is 1. The molecule has 3 aromatic rings. The standard InChI is InChI=1S/C18H15Cl2N3O/c19-15-7-5-12(6-8-15)18-14(11-22-23-18)10-21-17(24)9-13-3-1-2-4-16(13)20/h1-8,11H,9-10H2,(H,21,24)(H,22,23). The summed E-state index contributed by atoms with van der Waals surface area (Å²) < 4.78 is 0. The van der Waals surface area contributed by atoms with Crippen LogP contribution in [-0.4, -0.2) is 16.1 Å². The molecule has 0 fully saturated rings. The maximum atomic E-state index is 12.1. The average molecular weight is 360 g/mol. The van der Waals surface area contributed by atoms with Crippen LogP contribution in [-0.2, 0) is 17.8 Å². The number of amides is 1. The van der Waals surface area contributed by atoms with Gasteiger partial charge >= 0.3 is 0 Å². The van der Waals surface area contributed by atoms with Crippen molar-refractivity contribution in [1.82, 2.24) is 15.5 Å². The third-order valence-electron chi connectivity index (χ3n) is 3.64. The summed E-state index contributed by atoms with van der Waals surface area (Å²) in [6.07, 6.45) is 1.95. The molecule has 0 radical (unpaired) electrons. The van der Waals surface area contributed by atoms with E-state index in [2.05, 4.69) is 15.5 Å². The summed E-state index contributed by atoms with van der Waals surface area (Å²) in [6, 6.07) is 14.8. The van der Waals surface area contributed by atoms with Crippen LogP contribution in [0.25, 0.3) is 11.3 Å². The van der Waals surface area contributed by atoms with Gasteiger partial charge in [-0.05, 0) is 29.3 Å². The molecule has 0 aliphatic heterocycles. The van der Waals surface area contributed by atoms with Gasteiger partial charge in [-0.2, -0.15) is 5.10 Å². The highest BCUT2D eigenvalue weighted by atomic mass is 35.5. The largest absolute Gasteiger partial charge is 0.352 e. The summed E-state index contributed by atoms with van der Waals surface area (Å²) in [4.78, 5) is 12.1. The van der Waals surface area contributed by atoms with Crippen molar-refractivity contribution in [1.29, 1.82) is 0 Å². The maximum absolute atomic E-state index is 12.1. The fraction of sp³-hybridized carbons (Fsp3) is 0.111. The van der Waals surface area contributed by atoms with E-state index in [-0.39, 0.29) is 12.3 Å². The zero-order valence-corrected chi connectivity index (χ0v) is 14.2. The summed E-state index contributed by atoms with van der Waals surface area (Å²) in [5, 5.41) is 11.2. The van der Waals surface area contributed by atoms with Crippen molar-refractivity contribution in [3.63, 3.8) is 0 Å². The van der Waals surface area contributed by atoms with E-state index in [0.717, 1.165) is 22.4 Å². The third kappa shape index (κ3) is 3.96. The molecule has 0 aliphatic rings. The number of hydrogen-bond acceptors (Lipinski definition) is 2. The second-order valence-corrected chi connectivity index (χ2v) is 6.17. The van der Waals surface area contributed by atoms with Crippen molar-refractivity contribution in [2.24, 2.45) is 0 Å². The lowest BCUT2D eigenvalue weighted by atomic mass is 10.1. The number of carbonyl (C=O) groups excluding carboxylic acids is 1. The zero-order chi connectivity index (χ0) is 16.9. The number of hydrogen-bond donors (Lipinski definition) is 2. The third-order valence-corrected chi connectivity index (χ3v) is 4.26. The van der Waals surface area contributed by atoms with Gasteiger partial charge in [-0.3, -0.25) is 9.89 Å². The number of halogens is 2. The monoisotopic (exact) mass is 359 g/mol. The molecule has 24 heavy (non-hydrogen) atoms. The Kier molecular flexibility index (Phi) is 5.18. The molecule has 0 bridgehead atoms. The van der Waals surface area contributed by atoms with Crippen LogP contribution in [0, 0.1) is 0 Å². The van der Waals surface area contributed by atoms with Gasteiger partial charge in [0.1, 0.15) is 0 Å². The van der Waals surface area contributed by atoms with Gasteiger partial charge in [-0.15, -0.1) is 0 Å². The van der Waals surface area contributed by atoms with E-state index < -0.39 is 0 Å². The Morgan fingerprint density at radius 1 is 1.04 bits per heavy atom. The van der Waals surface area contributed by atoms with Gasteiger partial charge in [-0.1, -0.05) is 53.5 Å². The highest BCUT2D eigenvalue weighted by Crippen LogP contribution is 2.23. The van der Waals surface area contributed by atoms with Gasteiger partial charge < -0.3 is 5.32 Å². The molecule has 6 heteroatoms. The quantitative estimate of drug-likeness (QED) is 0.715. The normalized spacial score (nSPS) is 10.6. The van der Waals surface area contributed by atoms with E-state index in [4.69, 9.17) is 23.2 Å². The molecule has 122 valence electrons. The van der Waals surface area contributed by atoms with E-state index >= 15 is 0 Å². The first-order valence-electron chi connectivity index (χ1n) is 7.42. The fourth-order valence-electron chi connectivity index (χ4n) is 2.38. The van der Waals surface area contributed by atoms with Gasteiger partial charge in [0.15, 0.2) is 0 Å². The highest BCUT2D eigenvalue weighted by Gasteiger charge is 2.10. The Morgan fingerprint density at radius 3 is 2.54 bits per heavy atom. The number of benzene rings is 2. The predicted molar refractivity (Wildman–Crippen MR) is 96.0 cm³/mol. The molecule has 0 saturated heterocycles. The first-order chi connectivity index (χ1) is 11.6. The Morgan fingerprint density at radius 2 is 1.79 bits per heavy atom. The molecule has 2 aromatic carbocycles. The van der Waals surface area contributed by atoms with E-state index in [1.165, 1.54) is 0 Å². The van der Waals surface area contributed by atoms with E-state index in [9.17, 15) is 4.79 Å². The minimum atomic E-state index is -0.0913. The van der Waals surface area contributed by atoms with Crippen molar-refractivity contribution in [2.75, 3.05) is 0 Å².